The van der Waals surface area contributed by atoms with Crippen molar-refractivity contribution in [3.8, 4) is 11.4 Å². The van der Waals surface area contributed by atoms with Crippen LogP contribution in [0.2, 0.25) is 0 Å². The highest BCUT2D eigenvalue weighted by atomic mass is 16.1. The lowest BCUT2D eigenvalue weighted by Gasteiger charge is -2.11. The largest absolute Gasteiger partial charge is 0.356 e. The molecule has 3 rings (SSSR count). The van der Waals surface area contributed by atoms with E-state index < -0.39 is 0 Å². The summed E-state index contributed by atoms with van der Waals surface area (Å²) in [4.78, 5) is 29.5. The van der Waals surface area contributed by atoms with Crippen molar-refractivity contribution < 1.29 is 4.79 Å². The maximum atomic E-state index is 12.9. The van der Waals surface area contributed by atoms with Gasteiger partial charge in [0.15, 0.2) is 5.82 Å². The molecule has 1 aromatic carbocycles. The number of hydrogen-bond donors (Lipinski definition) is 1. The first-order chi connectivity index (χ1) is 13.0. The molecular formula is C20H25N5O2. The van der Waals surface area contributed by atoms with Gasteiger partial charge in [-0.3, -0.25) is 9.59 Å². The summed E-state index contributed by atoms with van der Waals surface area (Å²) in [6.45, 7) is 4.63. The van der Waals surface area contributed by atoms with Crippen LogP contribution in [-0.4, -0.2) is 31.6 Å². The van der Waals surface area contributed by atoms with E-state index in [0.29, 0.717) is 30.1 Å². The minimum absolute atomic E-state index is 0.0337. The Balaban J connectivity index is 1.91. The number of benzene rings is 1. The van der Waals surface area contributed by atoms with Crippen LogP contribution in [0.3, 0.4) is 0 Å². The molecule has 0 atom stereocenters. The van der Waals surface area contributed by atoms with Crippen LogP contribution < -0.4 is 10.9 Å². The second-order valence-corrected chi connectivity index (χ2v) is 6.64. The van der Waals surface area contributed by atoms with Gasteiger partial charge in [0.05, 0.1) is 0 Å². The van der Waals surface area contributed by atoms with E-state index in [0.717, 1.165) is 24.1 Å². The Morgan fingerprint density at radius 3 is 2.67 bits per heavy atom. The van der Waals surface area contributed by atoms with Gasteiger partial charge in [-0.25, -0.2) is 0 Å². The number of amides is 1. The summed E-state index contributed by atoms with van der Waals surface area (Å²) in [5.74, 6) is 0.971. The Morgan fingerprint density at radius 2 is 1.96 bits per heavy atom. The molecule has 1 amide bonds. The lowest BCUT2D eigenvalue weighted by Crippen LogP contribution is -2.28. The van der Waals surface area contributed by atoms with Gasteiger partial charge in [-0.15, -0.1) is 5.10 Å². The van der Waals surface area contributed by atoms with Gasteiger partial charge >= 0.3 is 0 Å². The average molecular weight is 367 g/mol. The molecule has 2 heterocycles. The first-order valence-electron chi connectivity index (χ1n) is 9.30. The van der Waals surface area contributed by atoms with Crippen molar-refractivity contribution in [2.24, 2.45) is 7.05 Å². The van der Waals surface area contributed by atoms with E-state index in [1.54, 1.807) is 0 Å². The van der Waals surface area contributed by atoms with Crippen LogP contribution in [0, 0.1) is 6.92 Å². The summed E-state index contributed by atoms with van der Waals surface area (Å²) >= 11 is 0. The number of fused-ring (bicyclic) bond motifs is 1. The Kier molecular flexibility index (Phi) is 5.69. The summed E-state index contributed by atoms with van der Waals surface area (Å²) in [7, 11) is 1.86. The van der Waals surface area contributed by atoms with Crippen molar-refractivity contribution in [1.82, 2.24) is 24.5 Å². The minimum atomic E-state index is -0.211. The third-order valence-corrected chi connectivity index (χ3v) is 4.77. The second-order valence-electron chi connectivity index (χ2n) is 6.64. The third-order valence-electron chi connectivity index (χ3n) is 4.77. The summed E-state index contributed by atoms with van der Waals surface area (Å²) < 4.78 is 3.19. The van der Waals surface area contributed by atoms with E-state index in [1.165, 1.54) is 4.52 Å². The number of rotatable bonds is 7. The molecule has 0 radical (unpaired) electrons. The molecule has 27 heavy (non-hydrogen) atoms. The maximum absolute atomic E-state index is 12.9. The third kappa shape index (κ3) is 3.92. The van der Waals surface area contributed by atoms with Gasteiger partial charge in [0, 0.05) is 36.8 Å². The first kappa shape index (κ1) is 18.8. The molecule has 2 aromatic heterocycles. The quantitative estimate of drug-likeness (QED) is 0.650. The monoisotopic (exact) mass is 367 g/mol. The van der Waals surface area contributed by atoms with Gasteiger partial charge in [0.25, 0.3) is 5.56 Å². The number of nitrogens with zero attached hydrogens (tertiary/aromatic N) is 4. The molecule has 0 unspecified atom stereocenters. The molecule has 0 aliphatic heterocycles. The van der Waals surface area contributed by atoms with Crippen LogP contribution in [0.5, 0.6) is 0 Å². The van der Waals surface area contributed by atoms with E-state index in [-0.39, 0.29) is 17.9 Å². The standard InChI is InChI=1S/C20H25N5O2/c1-4-5-13-21-17(26)12-11-16-14(2)24(3)20-22-18(23-25(20)19(16)27)15-9-7-6-8-10-15/h6-10H,4-5,11-13H2,1-3H3,(H,21,26). The highest BCUT2D eigenvalue weighted by molar-refractivity contribution is 5.76. The fourth-order valence-corrected chi connectivity index (χ4v) is 3.02. The van der Waals surface area contributed by atoms with Crippen molar-refractivity contribution in [3.63, 3.8) is 0 Å². The van der Waals surface area contributed by atoms with Crippen molar-refractivity contribution in [1.29, 1.82) is 0 Å². The number of hydrogen-bond acceptors (Lipinski definition) is 4. The molecule has 142 valence electrons. The van der Waals surface area contributed by atoms with E-state index in [2.05, 4.69) is 22.3 Å². The molecular weight excluding hydrogens is 342 g/mol. The SMILES string of the molecule is CCCCNC(=O)CCc1c(C)n(C)c2nc(-c3ccccc3)nn2c1=O. The van der Waals surface area contributed by atoms with Gasteiger partial charge in [0.1, 0.15) is 0 Å². The number of aryl methyl sites for hydroxylation is 1. The molecule has 7 nitrogen and oxygen atoms in total. The first-order valence-corrected chi connectivity index (χ1v) is 9.30. The summed E-state index contributed by atoms with van der Waals surface area (Å²) in [6, 6.07) is 9.56. The lowest BCUT2D eigenvalue weighted by molar-refractivity contribution is -0.121. The Morgan fingerprint density at radius 1 is 1.22 bits per heavy atom. The molecule has 1 N–H and O–H groups in total. The van der Waals surface area contributed by atoms with Gasteiger partial charge in [-0.1, -0.05) is 43.7 Å². The predicted molar refractivity (Wildman–Crippen MR) is 105 cm³/mol. The summed E-state index contributed by atoms with van der Waals surface area (Å²) in [5.41, 5.74) is 2.05. The molecule has 0 aliphatic carbocycles. The zero-order valence-corrected chi connectivity index (χ0v) is 16.0. The molecule has 0 saturated heterocycles. The van der Waals surface area contributed by atoms with Gasteiger partial charge in [0.2, 0.25) is 11.7 Å². The van der Waals surface area contributed by atoms with Crippen LogP contribution in [0.4, 0.5) is 0 Å². The number of nitrogens with one attached hydrogen (secondary N) is 1. The highest BCUT2D eigenvalue weighted by Gasteiger charge is 2.17. The minimum Gasteiger partial charge on any atom is -0.356 e. The molecule has 0 aliphatic rings. The number of unbranched alkanes of at least 4 members (excludes halogenated alkanes) is 1. The summed E-state index contributed by atoms with van der Waals surface area (Å²) in [5, 5.41) is 7.29. The van der Waals surface area contributed by atoms with E-state index in [1.807, 2.05) is 48.9 Å². The number of carbonyl (C=O) groups excluding carboxylic acids is 1. The van der Waals surface area contributed by atoms with Gasteiger partial charge < -0.3 is 9.88 Å². The second kappa shape index (κ2) is 8.16. The molecule has 0 fully saturated rings. The number of aromatic nitrogens is 4. The van der Waals surface area contributed by atoms with Crippen molar-refractivity contribution in [2.75, 3.05) is 6.54 Å². The predicted octanol–water partition coefficient (Wildman–Crippen LogP) is 2.25. The van der Waals surface area contributed by atoms with E-state index in [9.17, 15) is 9.59 Å². The van der Waals surface area contributed by atoms with Crippen LogP contribution in [0.25, 0.3) is 17.2 Å². The Hall–Kier alpha value is -2.96. The molecule has 0 spiro atoms. The normalized spacial score (nSPS) is 11.1. The fraction of sp³-hybridized carbons (Fsp3) is 0.400. The van der Waals surface area contributed by atoms with Crippen molar-refractivity contribution >= 4 is 11.7 Å². The fourth-order valence-electron chi connectivity index (χ4n) is 3.02. The van der Waals surface area contributed by atoms with E-state index in [4.69, 9.17) is 0 Å². The zero-order valence-electron chi connectivity index (χ0n) is 16.0. The van der Waals surface area contributed by atoms with Crippen LogP contribution in [0.1, 0.15) is 37.4 Å². The topological polar surface area (TPSA) is 81.3 Å². The molecule has 0 saturated carbocycles. The van der Waals surface area contributed by atoms with Crippen LogP contribution in [-0.2, 0) is 18.3 Å². The van der Waals surface area contributed by atoms with Crippen LogP contribution in [0.15, 0.2) is 35.1 Å². The highest BCUT2D eigenvalue weighted by Crippen LogP contribution is 2.16. The van der Waals surface area contributed by atoms with Gasteiger partial charge in [-0.2, -0.15) is 9.50 Å². The van der Waals surface area contributed by atoms with Gasteiger partial charge in [-0.05, 0) is 19.8 Å². The molecule has 7 heteroatoms. The zero-order chi connectivity index (χ0) is 19.4. The maximum Gasteiger partial charge on any atom is 0.279 e. The average Bonchev–Trinajstić information content (AvgIpc) is 3.13. The summed E-state index contributed by atoms with van der Waals surface area (Å²) in [6.07, 6.45) is 2.66. The van der Waals surface area contributed by atoms with Crippen molar-refractivity contribution in [3.05, 3.63) is 51.9 Å². The lowest BCUT2D eigenvalue weighted by atomic mass is 10.1. The molecule has 3 aromatic rings. The van der Waals surface area contributed by atoms with Crippen molar-refractivity contribution in [2.45, 2.75) is 39.5 Å². The van der Waals surface area contributed by atoms with Crippen LogP contribution >= 0.6 is 0 Å². The Bertz CT molecular complexity index is 1000. The molecule has 0 bridgehead atoms. The Labute approximate surface area is 158 Å². The smallest absolute Gasteiger partial charge is 0.279 e. The number of carbonyl (C=O) groups is 1. The van der Waals surface area contributed by atoms with E-state index >= 15 is 0 Å².